The molecule has 1 amide bonds. The fraction of sp³-hybridized carbons (Fsp3) is 0.286. The Bertz CT molecular complexity index is 1210. The molecule has 0 radical (unpaired) electrons. The van der Waals surface area contributed by atoms with E-state index in [1.165, 1.54) is 11.3 Å². The first-order valence-corrected chi connectivity index (χ1v) is 10.9. The third-order valence-corrected chi connectivity index (χ3v) is 6.22. The van der Waals surface area contributed by atoms with Gasteiger partial charge in [-0.2, -0.15) is 18.3 Å². The molecule has 6 nitrogen and oxygen atoms in total. The lowest BCUT2D eigenvalue weighted by molar-refractivity contribution is -0.141. The Balaban J connectivity index is 1.51. The quantitative estimate of drug-likeness (QED) is 0.484. The Morgan fingerprint density at radius 1 is 1.31 bits per heavy atom. The minimum atomic E-state index is -4.67. The second kappa shape index (κ2) is 8.59. The van der Waals surface area contributed by atoms with E-state index in [4.69, 9.17) is 16.3 Å². The third-order valence-electron chi connectivity index (χ3n) is 4.88. The standard InChI is InChI=1S/C21H18ClF3N4O2S/c1-11-7-14-16(8-12(11)2)32-20(26-14)27-18(30)10-31-19-9-17(21(23,24)25)28-29(19)15-6-4-3-5-13(15)22/h3-4,6-9,13H,5,10H2,1-2H3,(H,26,27,30). The van der Waals surface area contributed by atoms with Crippen molar-refractivity contribution in [3.05, 3.63) is 53.2 Å². The van der Waals surface area contributed by atoms with Crippen LogP contribution in [0.4, 0.5) is 18.3 Å². The van der Waals surface area contributed by atoms with Crippen molar-refractivity contribution in [2.75, 3.05) is 11.9 Å². The average Bonchev–Trinajstić information content (AvgIpc) is 3.30. The summed E-state index contributed by atoms with van der Waals surface area (Å²) < 4.78 is 46.9. The second-order valence-electron chi connectivity index (χ2n) is 7.26. The molecule has 0 aliphatic heterocycles. The zero-order valence-electron chi connectivity index (χ0n) is 17.0. The Morgan fingerprint density at radius 3 is 2.78 bits per heavy atom. The van der Waals surface area contributed by atoms with Crippen molar-refractivity contribution in [2.24, 2.45) is 0 Å². The molecule has 1 aliphatic carbocycles. The predicted octanol–water partition coefficient (Wildman–Crippen LogP) is 5.55. The van der Waals surface area contributed by atoms with Crippen molar-refractivity contribution in [1.29, 1.82) is 0 Å². The highest BCUT2D eigenvalue weighted by atomic mass is 35.5. The van der Waals surface area contributed by atoms with Gasteiger partial charge in [0, 0.05) is 6.07 Å². The fourth-order valence-electron chi connectivity index (χ4n) is 3.11. The Morgan fingerprint density at radius 2 is 2.06 bits per heavy atom. The van der Waals surface area contributed by atoms with Gasteiger partial charge < -0.3 is 4.74 Å². The number of nitrogens with one attached hydrogen (secondary N) is 1. The van der Waals surface area contributed by atoms with Gasteiger partial charge in [0.25, 0.3) is 5.91 Å². The number of allylic oxidation sites excluding steroid dienone is 4. The molecule has 0 saturated carbocycles. The van der Waals surface area contributed by atoms with Crippen LogP contribution in [0, 0.1) is 13.8 Å². The molecule has 0 saturated heterocycles. The van der Waals surface area contributed by atoms with Crippen LogP contribution in [-0.2, 0) is 11.0 Å². The minimum Gasteiger partial charge on any atom is -0.467 e. The van der Waals surface area contributed by atoms with E-state index in [0.717, 1.165) is 32.1 Å². The molecule has 32 heavy (non-hydrogen) atoms. The molecule has 1 aromatic carbocycles. The topological polar surface area (TPSA) is 69.0 Å². The number of nitrogens with zero attached hydrogens (tertiary/aromatic N) is 3. The molecule has 1 unspecified atom stereocenters. The summed E-state index contributed by atoms with van der Waals surface area (Å²) in [5, 5.41) is 6.03. The van der Waals surface area contributed by atoms with Gasteiger partial charge in [0.05, 0.1) is 21.3 Å². The maximum atomic E-state index is 13.2. The number of ether oxygens (including phenoxy) is 1. The molecule has 1 N–H and O–H groups in total. The van der Waals surface area contributed by atoms with Gasteiger partial charge in [0.15, 0.2) is 17.4 Å². The minimum absolute atomic E-state index is 0.227. The number of rotatable bonds is 5. The molecule has 2 aromatic heterocycles. The number of hydrogen-bond acceptors (Lipinski definition) is 5. The summed E-state index contributed by atoms with van der Waals surface area (Å²) in [5.41, 5.74) is 2.15. The van der Waals surface area contributed by atoms with Crippen LogP contribution in [0.25, 0.3) is 15.9 Å². The maximum Gasteiger partial charge on any atom is 0.435 e. The fourth-order valence-corrected chi connectivity index (χ4v) is 4.34. The van der Waals surface area contributed by atoms with Gasteiger partial charge in [-0.05, 0) is 49.6 Å². The van der Waals surface area contributed by atoms with Gasteiger partial charge in [-0.15, -0.1) is 11.6 Å². The molecule has 2 heterocycles. The SMILES string of the molecule is Cc1cc2nc(NC(=O)COc3cc(C(F)(F)F)nn3C3=CC=CCC3Cl)sc2cc1C. The number of benzene rings is 1. The van der Waals surface area contributed by atoms with Crippen LogP contribution in [0.2, 0.25) is 0 Å². The summed E-state index contributed by atoms with van der Waals surface area (Å²) >= 11 is 7.54. The largest absolute Gasteiger partial charge is 0.467 e. The van der Waals surface area contributed by atoms with Crippen LogP contribution in [0.3, 0.4) is 0 Å². The Kier molecular flexibility index (Phi) is 6.00. The number of thiazole rings is 1. The van der Waals surface area contributed by atoms with E-state index in [2.05, 4.69) is 15.4 Å². The lowest BCUT2D eigenvalue weighted by Crippen LogP contribution is -2.22. The summed E-state index contributed by atoms with van der Waals surface area (Å²) in [7, 11) is 0. The highest BCUT2D eigenvalue weighted by molar-refractivity contribution is 7.22. The van der Waals surface area contributed by atoms with Crippen LogP contribution in [0.5, 0.6) is 5.88 Å². The van der Waals surface area contributed by atoms with Crippen LogP contribution < -0.4 is 10.1 Å². The number of halogens is 4. The smallest absolute Gasteiger partial charge is 0.435 e. The van der Waals surface area contributed by atoms with E-state index in [9.17, 15) is 18.0 Å². The van der Waals surface area contributed by atoms with Crippen LogP contribution in [0.15, 0.2) is 36.4 Å². The lowest BCUT2D eigenvalue weighted by Gasteiger charge is -2.17. The predicted molar refractivity (Wildman–Crippen MR) is 118 cm³/mol. The number of amides is 1. The van der Waals surface area contributed by atoms with Crippen LogP contribution in [-0.4, -0.2) is 32.7 Å². The second-order valence-corrected chi connectivity index (χ2v) is 8.82. The van der Waals surface area contributed by atoms with Crippen molar-refractivity contribution < 1.29 is 22.7 Å². The first-order chi connectivity index (χ1) is 15.1. The van der Waals surface area contributed by atoms with Gasteiger partial charge in [0.1, 0.15) is 0 Å². The molecule has 1 atom stereocenters. The van der Waals surface area contributed by atoms with Crippen LogP contribution >= 0.6 is 22.9 Å². The third kappa shape index (κ3) is 4.66. The molecule has 168 valence electrons. The molecular weight excluding hydrogens is 465 g/mol. The number of fused-ring (bicyclic) bond motifs is 1. The van der Waals surface area contributed by atoms with E-state index in [-0.39, 0.29) is 5.88 Å². The molecule has 11 heteroatoms. The average molecular weight is 483 g/mol. The summed E-state index contributed by atoms with van der Waals surface area (Å²) in [6, 6.07) is 4.67. The number of hydrogen-bond donors (Lipinski definition) is 1. The highest BCUT2D eigenvalue weighted by Crippen LogP contribution is 2.34. The van der Waals surface area contributed by atoms with Crippen molar-refractivity contribution >= 4 is 49.9 Å². The summed E-state index contributed by atoms with van der Waals surface area (Å²) in [5.74, 6) is -0.783. The van der Waals surface area contributed by atoms with E-state index in [1.807, 2.05) is 26.0 Å². The number of aryl methyl sites for hydroxylation is 2. The number of anilines is 1. The zero-order valence-corrected chi connectivity index (χ0v) is 18.6. The molecule has 0 fully saturated rings. The Hall–Kier alpha value is -2.85. The van der Waals surface area contributed by atoms with E-state index >= 15 is 0 Å². The summed E-state index contributed by atoms with van der Waals surface area (Å²) in [6.07, 6.45) is 0.799. The van der Waals surface area contributed by atoms with Gasteiger partial charge in [-0.3, -0.25) is 10.1 Å². The van der Waals surface area contributed by atoms with E-state index in [1.54, 1.807) is 18.2 Å². The summed E-state index contributed by atoms with van der Waals surface area (Å²) in [6.45, 7) is 3.44. The maximum absolute atomic E-state index is 13.2. The molecule has 3 aromatic rings. The van der Waals surface area contributed by atoms with Gasteiger partial charge in [0.2, 0.25) is 5.88 Å². The van der Waals surface area contributed by atoms with Gasteiger partial charge in [-0.1, -0.05) is 23.5 Å². The highest BCUT2D eigenvalue weighted by Gasteiger charge is 2.36. The molecule has 0 bridgehead atoms. The Labute approximate surface area is 190 Å². The lowest BCUT2D eigenvalue weighted by atomic mass is 10.1. The number of carbonyl (C=O) groups is 1. The zero-order chi connectivity index (χ0) is 23.0. The molecule has 4 rings (SSSR count). The van der Waals surface area contributed by atoms with Crippen LogP contribution in [0.1, 0.15) is 23.2 Å². The van der Waals surface area contributed by atoms with Crippen molar-refractivity contribution in [3.63, 3.8) is 0 Å². The number of aromatic nitrogens is 3. The summed E-state index contributed by atoms with van der Waals surface area (Å²) in [4.78, 5) is 16.8. The van der Waals surface area contributed by atoms with Crippen molar-refractivity contribution in [1.82, 2.24) is 14.8 Å². The molecule has 0 spiro atoms. The number of carbonyl (C=O) groups excluding carboxylic acids is 1. The van der Waals surface area contributed by atoms with E-state index in [0.29, 0.717) is 17.2 Å². The van der Waals surface area contributed by atoms with E-state index < -0.39 is 29.8 Å². The monoisotopic (exact) mass is 482 g/mol. The number of alkyl halides is 4. The normalized spacial score (nSPS) is 16.3. The molecular formula is C21H18ClF3N4O2S. The van der Waals surface area contributed by atoms with Gasteiger partial charge in [-0.25, -0.2) is 9.67 Å². The van der Waals surface area contributed by atoms with Gasteiger partial charge >= 0.3 is 6.18 Å². The molecule has 1 aliphatic rings. The van der Waals surface area contributed by atoms with Crippen molar-refractivity contribution in [2.45, 2.75) is 31.8 Å². The first-order valence-electron chi connectivity index (χ1n) is 9.60. The van der Waals surface area contributed by atoms with Crippen molar-refractivity contribution in [3.8, 4) is 5.88 Å². The first kappa shape index (κ1) is 22.3.